The van der Waals surface area contributed by atoms with E-state index in [9.17, 15) is 4.39 Å². The first kappa shape index (κ1) is 19.7. The van der Waals surface area contributed by atoms with E-state index in [0.717, 1.165) is 64.6 Å². The molecule has 0 amide bonds. The second-order valence-corrected chi connectivity index (χ2v) is 9.40. The molecule has 4 N–H and O–H groups in total. The Hall–Kier alpha value is -3.79. The van der Waals surface area contributed by atoms with Gasteiger partial charge in [-0.1, -0.05) is 0 Å². The van der Waals surface area contributed by atoms with Gasteiger partial charge in [-0.2, -0.15) is 10.1 Å². The molecular formula is C24H24FN9. The van der Waals surface area contributed by atoms with Crippen LogP contribution in [-0.2, 0) is 6.42 Å². The molecule has 0 radical (unpaired) electrons. The van der Waals surface area contributed by atoms with Gasteiger partial charge >= 0.3 is 0 Å². The van der Waals surface area contributed by atoms with E-state index in [0.29, 0.717) is 24.3 Å². The van der Waals surface area contributed by atoms with Crippen LogP contribution in [0.2, 0.25) is 0 Å². The van der Waals surface area contributed by atoms with Crippen LogP contribution in [0.5, 0.6) is 0 Å². The first-order valence-electron chi connectivity index (χ1n) is 11.6. The monoisotopic (exact) mass is 457 g/mol. The smallest absolute Gasteiger partial charge is 0.229 e. The zero-order valence-corrected chi connectivity index (χ0v) is 18.7. The molecule has 10 heteroatoms. The summed E-state index contributed by atoms with van der Waals surface area (Å²) in [6, 6.07) is 5.57. The third kappa shape index (κ3) is 2.88. The van der Waals surface area contributed by atoms with Crippen molar-refractivity contribution >= 4 is 28.8 Å². The van der Waals surface area contributed by atoms with E-state index in [1.54, 1.807) is 29.0 Å². The average Bonchev–Trinajstić information content (AvgIpc) is 3.60. The maximum absolute atomic E-state index is 14.5. The Kier molecular flexibility index (Phi) is 4.11. The van der Waals surface area contributed by atoms with Crippen LogP contribution in [0.3, 0.4) is 0 Å². The first-order valence-corrected chi connectivity index (χ1v) is 11.6. The van der Waals surface area contributed by atoms with Gasteiger partial charge in [0.05, 0.1) is 30.0 Å². The molecule has 0 spiro atoms. The van der Waals surface area contributed by atoms with Crippen LogP contribution in [0.15, 0.2) is 36.8 Å². The summed E-state index contributed by atoms with van der Waals surface area (Å²) in [7, 11) is 1.82. The highest BCUT2D eigenvalue weighted by Gasteiger charge is 2.45. The molecule has 4 heterocycles. The van der Waals surface area contributed by atoms with Crippen LogP contribution < -0.4 is 21.3 Å². The molecule has 2 aliphatic carbocycles. The Morgan fingerprint density at radius 3 is 2.91 bits per heavy atom. The number of benzene rings is 1. The molecule has 3 aromatic heterocycles. The van der Waals surface area contributed by atoms with Crippen molar-refractivity contribution in [1.29, 1.82) is 0 Å². The van der Waals surface area contributed by atoms with E-state index in [2.05, 4.69) is 25.6 Å². The lowest BCUT2D eigenvalue weighted by atomic mass is 10.0. The fourth-order valence-corrected chi connectivity index (χ4v) is 5.86. The van der Waals surface area contributed by atoms with Gasteiger partial charge in [0, 0.05) is 49.4 Å². The highest BCUT2D eigenvalue weighted by molar-refractivity contribution is 5.89. The number of piperidine rings is 1. The third-order valence-corrected chi connectivity index (χ3v) is 7.43. The summed E-state index contributed by atoms with van der Waals surface area (Å²) in [6.45, 7) is 0.860. The molecule has 1 saturated carbocycles. The Balaban J connectivity index is 1.35. The van der Waals surface area contributed by atoms with Crippen LogP contribution in [0.1, 0.15) is 24.1 Å². The number of hydrogen-bond donors (Lipinski definition) is 3. The minimum atomic E-state index is -0.271. The van der Waals surface area contributed by atoms with Gasteiger partial charge in [-0.25, -0.2) is 18.9 Å². The van der Waals surface area contributed by atoms with Crippen molar-refractivity contribution in [2.75, 3.05) is 29.1 Å². The lowest BCUT2D eigenvalue weighted by molar-refractivity contribution is 0.471. The number of aromatic nitrogens is 5. The summed E-state index contributed by atoms with van der Waals surface area (Å²) >= 11 is 0. The minimum absolute atomic E-state index is 0.237. The van der Waals surface area contributed by atoms with Gasteiger partial charge in [-0.3, -0.25) is 0 Å². The zero-order valence-electron chi connectivity index (χ0n) is 18.7. The van der Waals surface area contributed by atoms with Crippen LogP contribution in [0.25, 0.3) is 16.8 Å². The quantitative estimate of drug-likeness (QED) is 0.378. The SMILES string of the molecule is CNc1cc(F)cc2c1Cc1nc(Nc3cnc4ccnn4c3)nc(N3C[C@H]4CC3C[C@H]4N)c1-2. The fourth-order valence-electron chi connectivity index (χ4n) is 5.86. The second kappa shape index (κ2) is 7.10. The van der Waals surface area contributed by atoms with Crippen molar-refractivity contribution in [3.8, 4) is 11.1 Å². The van der Waals surface area contributed by atoms with E-state index in [1.165, 1.54) is 0 Å². The van der Waals surface area contributed by atoms with Gasteiger partial charge in [-0.15, -0.1) is 0 Å². The molecule has 7 rings (SSSR count). The summed E-state index contributed by atoms with van der Waals surface area (Å²) in [5.74, 6) is 1.53. The van der Waals surface area contributed by atoms with Gasteiger partial charge in [-0.05, 0) is 42.0 Å². The van der Waals surface area contributed by atoms with E-state index in [1.807, 2.05) is 19.3 Å². The number of nitrogens with one attached hydrogen (secondary N) is 2. The molecular weight excluding hydrogens is 433 g/mol. The van der Waals surface area contributed by atoms with Crippen molar-refractivity contribution in [3.63, 3.8) is 0 Å². The topological polar surface area (TPSA) is 109 Å². The lowest BCUT2D eigenvalue weighted by Gasteiger charge is -2.32. The Morgan fingerprint density at radius 1 is 1.21 bits per heavy atom. The average molecular weight is 458 g/mol. The van der Waals surface area contributed by atoms with Gasteiger partial charge in [0.2, 0.25) is 5.95 Å². The van der Waals surface area contributed by atoms with Gasteiger partial charge in [0.15, 0.2) is 5.65 Å². The second-order valence-electron chi connectivity index (χ2n) is 9.40. The first-order chi connectivity index (χ1) is 16.6. The largest absolute Gasteiger partial charge is 0.388 e. The number of halogens is 1. The van der Waals surface area contributed by atoms with Crippen molar-refractivity contribution < 1.29 is 4.39 Å². The van der Waals surface area contributed by atoms with Crippen LogP contribution in [-0.4, -0.2) is 50.2 Å². The van der Waals surface area contributed by atoms with E-state index >= 15 is 0 Å². The molecule has 4 aromatic rings. The molecule has 2 bridgehead atoms. The molecule has 9 nitrogen and oxygen atoms in total. The summed E-state index contributed by atoms with van der Waals surface area (Å²) in [5, 5.41) is 10.7. The van der Waals surface area contributed by atoms with Crippen molar-refractivity contribution in [1.82, 2.24) is 24.6 Å². The van der Waals surface area contributed by atoms with Gasteiger partial charge < -0.3 is 21.3 Å². The number of nitrogens with two attached hydrogens (primary N) is 1. The number of rotatable bonds is 4. The molecule has 34 heavy (non-hydrogen) atoms. The number of fused-ring (bicyclic) bond motifs is 6. The normalized spacial score (nSPS) is 22.3. The van der Waals surface area contributed by atoms with Gasteiger partial charge in [0.1, 0.15) is 11.6 Å². The third-order valence-electron chi connectivity index (χ3n) is 7.43. The van der Waals surface area contributed by atoms with Crippen LogP contribution >= 0.6 is 0 Å². The number of nitrogens with zero attached hydrogens (tertiary/aromatic N) is 6. The Bertz CT molecular complexity index is 1450. The van der Waals surface area contributed by atoms with E-state index in [-0.39, 0.29) is 11.9 Å². The maximum Gasteiger partial charge on any atom is 0.229 e. The van der Waals surface area contributed by atoms with E-state index in [4.69, 9.17) is 15.7 Å². The summed E-state index contributed by atoms with van der Waals surface area (Å²) in [5.41, 5.74) is 12.4. The molecule has 3 atom stereocenters. The van der Waals surface area contributed by atoms with Crippen molar-refractivity contribution in [3.05, 3.63) is 53.9 Å². The zero-order chi connectivity index (χ0) is 23.0. The molecule has 172 valence electrons. The standard InChI is InChI=1S/C24H24FN9/c1-27-19-6-13(25)5-17-16(19)8-20-22(17)23(33-10-12-4-15(33)7-18(12)26)32-24(31-20)30-14-9-28-21-2-3-29-34(21)11-14/h2-3,5-6,9,11-12,15,18,27H,4,7-8,10,26H2,1H3,(H,30,31,32)/t12-,15?,18-/m1/s1. The van der Waals surface area contributed by atoms with Crippen LogP contribution in [0.4, 0.5) is 27.5 Å². The lowest BCUT2D eigenvalue weighted by Crippen LogP contribution is -2.41. The maximum atomic E-state index is 14.5. The molecule has 1 aromatic carbocycles. The number of anilines is 4. The van der Waals surface area contributed by atoms with Crippen molar-refractivity contribution in [2.24, 2.45) is 11.7 Å². The minimum Gasteiger partial charge on any atom is -0.388 e. The summed E-state index contributed by atoms with van der Waals surface area (Å²) in [6.07, 6.45) is 7.94. The molecule has 1 saturated heterocycles. The molecule has 2 fully saturated rings. The van der Waals surface area contributed by atoms with E-state index < -0.39 is 0 Å². The van der Waals surface area contributed by atoms with Crippen LogP contribution in [0, 0.1) is 11.7 Å². The number of hydrogen-bond acceptors (Lipinski definition) is 8. The molecule has 1 unspecified atom stereocenters. The van der Waals surface area contributed by atoms with Gasteiger partial charge in [0.25, 0.3) is 0 Å². The highest BCUT2D eigenvalue weighted by atomic mass is 19.1. The van der Waals surface area contributed by atoms with Crippen molar-refractivity contribution in [2.45, 2.75) is 31.3 Å². The molecule has 1 aliphatic heterocycles. The predicted octanol–water partition coefficient (Wildman–Crippen LogP) is 2.94. The molecule has 3 aliphatic rings. The summed E-state index contributed by atoms with van der Waals surface area (Å²) < 4.78 is 16.2. The Labute approximate surface area is 195 Å². The summed E-state index contributed by atoms with van der Waals surface area (Å²) in [4.78, 5) is 16.6. The fraction of sp³-hybridized carbons (Fsp3) is 0.333. The highest BCUT2D eigenvalue weighted by Crippen LogP contribution is 2.48. The predicted molar refractivity (Wildman–Crippen MR) is 128 cm³/mol. The Morgan fingerprint density at radius 2 is 2.12 bits per heavy atom.